The average molecular weight is 284 g/mol. The van der Waals surface area contributed by atoms with Gasteiger partial charge in [-0.15, -0.1) is 0 Å². The highest BCUT2D eigenvalue weighted by Gasteiger charge is 2.20. The number of nitrogens with one attached hydrogen (secondary N) is 1. The van der Waals surface area contributed by atoms with E-state index in [4.69, 9.17) is 5.73 Å². The fourth-order valence-corrected chi connectivity index (χ4v) is 3.05. The number of aromatic nitrogens is 2. The number of nitrogens with two attached hydrogens (primary N) is 1. The Morgan fingerprint density at radius 2 is 2.00 bits per heavy atom. The first-order valence-electron chi connectivity index (χ1n) is 7.18. The van der Waals surface area contributed by atoms with E-state index in [2.05, 4.69) is 46.9 Å². The number of fused-ring (bicyclic) bond motifs is 1. The summed E-state index contributed by atoms with van der Waals surface area (Å²) in [5, 5.41) is 0. The normalized spacial score (nSPS) is 15.0. The highest BCUT2D eigenvalue weighted by Crippen LogP contribution is 2.18. The van der Waals surface area contributed by atoms with Gasteiger partial charge in [-0.1, -0.05) is 29.3 Å². The molecule has 1 aromatic heterocycles. The predicted octanol–water partition coefficient (Wildman–Crippen LogP) is 1.53. The summed E-state index contributed by atoms with van der Waals surface area (Å²) < 4.78 is 0. The molecule has 0 radical (unpaired) electrons. The molecular formula is C16H20N4O. The van der Waals surface area contributed by atoms with Crippen LogP contribution in [0.4, 0.5) is 5.95 Å². The van der Waals surface area contributed by atoms with Crippen LogP contribution in [0.5, 0.6) is 0 Å². The van der Waals surface area contributed by atoms with Crippen molar-refractivity contribution >= 4 is 5.95 Å². The first-order valence-corrected chi connectivity index (χ1v) is 7.18. The fraction of sp³-hybridized carbons (Fsp3) is 0.375. The van der Waals surface area contributed by atoms with Gasteiger partial charge in [-0.25, -0.2) is 4.98 Å². The van der Waals surface area contributed by atoms with Gasteiger partial charge < -0.3 is 5.73 Å². The first kappa shape index (κ1) is 13.8. The maximum atomic E-state index is 12.0. The Morgan fingerprint density at radius 1 is 1.29 bits per heavy atom. The summed E-state index contributed by atoms with van der Waals surface area (Å²) in [5.41, 5.74) is 10.9. The molecule has 3 rings (SSSR count). The zero-order valence-corrected chi connectivity index (χ0v) is 12.4. The molecule has 0 bridgehead atoms. The van der Waals surface area contributed by atoms with Crippen LogP contribution >= 0.6 is 0 Å². The molecule has 0 saturated heterocycles. The number of aryl methyl sites for hydroxylation is 2. The second-order valence-corrected chi connectivity index (χ2v) is 5.83. The van der Waals surface area contributed by atoms with E-state index in [9.17, 15) is 4.79 Å². The van der Waals surface area contributed by atoms with E-state index in [1.54, 1.807) is 0 Å². The lowest BCUT2D eigenvalue weighted by molar-refractivity contribution is 0.242. The highest BCUT2D eigenvalue weighted by atomic mass is 16.1. The van der Waals surface area contributed by atoms with Crippen molar-refractivity contribution in [2.45, 2.75) is 33.4 Å². The topological polar surface area (TPSA) is 75.0 Å². The third-order valence-electron chi connectivity index (χ3n) is 3.85. The summed E-state index contributed by atoms with van der Waals surface area (Å²) in [4.78, 5) is 21.1. The minimum atomic E-state index is -0.109. The van der Waals surface area contributed by atoms with Gasteiger partial charge >= 0.3 is 0 Å². The van der Waals surface area contributed by atoms with Gasteiger partial charge in [-0.3, -0.25) is 14.7 Å². The average Bonchev–Trinajstić information content (AvgIpc) is 2.38. The molecule has 5 heteroatoms. The lowest BCUT2D eigenvalue weighted by Crippen LogP contribution is -2.35. The van der Waals surface area contributed by atoms with Gasteiger partial charge in [0.15, 0.2) is 0 Å². The standard InChI is InChI=1S/C16H20N4O/c1-10-5-11(2)7-12(6-10)8-20-4-3-14-13(9-20)15(21)19-16(17)18-14/h5-7H,3-4,8-9H2,1-2H3,(H3,17,18,19,21). The molecule has 2 aromatic rings. The summed E-state index contributed by atoms with van der Waals surface area (Å²) in [5.74, 6) is 0.210. The van der Waals surface area contributed by atoms with E-state index in [0.717, 1.165) is 30.8 Å². The van der Waals surface area contributed by atoms with Crippen LogP contribution in [0.15, 0.2) is 23.0 Å². The first-order chi connectivity index (χ1) is 10.0. The van der Waals surface area contributed by atoms with E-state index < -0.39 is 0 Å². The van der Waals surface area contributed by atoms with E-state index in [1.165, 1.54) is 16.7 Å². The largest absolute Gasteiger partial charge is 0.369 e. The zero-order chi connectivity index (χ0) is 15.0. The van der Waals surface area contributed by atoms with Crippen molar-refractivity contribution in [1.29, 1.82) is 0 Å². The summed E-state index contributed by atoms with van der Waals surface area (Å²) in [6, 6.07) is 6.58. The van der Waals surface area contributed by atoms with Gasteiger partial charge in [0.05, 0.1) is 11.3 Å². The van der Waals surface area contributed by atoms with Crippen LogP contribution in [-0.2, 0) is 19.5 Å². The van der Waals surface area contributed by atoms with Crippen molar-refractivity contribution in [2.75, 3.05) is 12.3 Å². The quantitative estimate of drug-likeness (QED) is 0.877. The summed E-state index contributed by atoms with van der Waals surface area (Å²) >= 11 is 0. The third-order valence-corrected chi connectivity index (χ3v) is 3.85. The molecule has 0 fully saturated rings. The molecular weight excluding hydrogens is 264 g/mol. The maximum Gasteiger partial charge on any atom is 0.257 e. The second kappa shape index (κ2) is 5.33. The Labute approximate surface area is 123 Å². The second-order valence-electron chi connectivity index (χ2n) is 5.83. The van der Waals surface area contributed by atoms with Gasteiger partial charge in [-0.2, -0.15) is 0 Å². The van der Waals surface area contributed by atoms with Crippen molar-refractivity contribution in [2.24, 2.45) is 0 Å². The lowest BCUT2D eigenvalue weighted by atomic mass is 10.0. The Hall–Kier alpha value is -2.14. The highest BCUT2D eigenvalue weighted by molar-refractivity contribution is 5.30. The molecule has 0 atom stereocenters. The molecule has 2 heterocycles. The number of nitrogens with zero attached hydrogens (tertiary/aromatic N) is 2. The Morgan fingerprint density at radius 3 is 2.71 bits per heavy atom. The molecule has 21 heavy (non-hydrogen) atoms. The number of benzene rings is 1. The van der Waals surface area contributed by atoms with E-state index in [0.29, 0.717) is 6.54 Å². The molecule has 0 spiro atoms. The van der Waals surface area contributed by atoms with Gasteiger partial charge in [0.25, 0.3) is 5.56 Å². The van der Waals surface area contributed by atoms with Crippen LogP contribution in [0.2, 0.25) is 0 Å². The van der Waals surface area contributed by atoms with E-state index in [1.807, 2.05) is 0 Å². The minimum Gasteiger partial charge on any atom is -0.369 e. The molecule has 0 amide bonds. The lowest BCUT2D eigenvalue weighted by Gasteiger charge is -2.27. The number of H-pyrrole nitrogens is 1. The minimum absolute atomic E-state index is 0.109. The Balaban J connectivity index is 1.82. The van der Waals surface area contributed by atoms with Crippen LogP contribution in [0.1, 0.15) is 27.9 Å². The molecule has 0 saturated carbocycles. The number of hydrogen-bond acceptors (Lipinski definition) is 4. The van der Waals surface area contributed by atoms with Crippen LogP contribution < -0.4 is 11.3 Å². The summed E-state index contributed by atoms with van der Waals surface area (Å²) in [6.45, 7) is 6.60. The summed E-state index contributed by atoms with van der Waals surface area (Å²) in [6.07, 6.45) is 0.772. The van der Waals surface area contributed by atoms with Gasteiger partial charge in [0.1, 0.15) is 0 Å². The number of aromatic amines is 1. The van der Waals surface area contributed by atoms with Gasteiger partial charge in [0.2, 0.25) is 5.95 Å². The molecule has 1 aliphatic heterocycles. The number of rotatable bonds is 2. The number of nitrogen functional groups attached to an aromatic ring is 1. The Bertz CT molecular complexity index is 715. The van der Waals surface area contributed by atoms with Crippen LogP contribution in [-0.4, -0.2) is 21.4 Å². The third kappa shape index (κ3) is 2.97. The van der Waals surface area contributed by atoms with Crippen molar-refractivity contribution in [3.05, 3.63) is 56.5 Å². The van der Waals surface area contributed by atoms with E-state index in [-0.39, 0.29) is 11.5 Å². The fourth-order valence-electron chi connectivity index (χ4n) is 3.05. The molecule has 5 nitrogen and oxygen atoms in total. The predicted molar refractivity (Wildman–Crippen MR) is 83.0 cm³/mol. The molecule has 1 aliphatic rings. The molecule has 0 unspecified atom stereocenters. The van der Waals surface area contributed by atoms with Crippen LogP contribution in [0, 0.1) is 13.8 Å². The Kier molecular flexibility index (Phi) is 3.51. The smallest absolute Gasteiger partial charge is 0.257 e. The molecule has 1 aromatic carbocycles. The van der Waals surface area contributed by atoms with Crippen LogP contribution in [0.25, 0.3) is 0 Å². The summed E-state index contributed by atoms with van der Waals surface area (Å²) in [7, 11) is 0. The van der Waals surface area contributed by atoms with Gasteiger partial charge in [-0.05, 0) is 19.4 Å². The van der Waals surface area contributed by atoms with E-state index >= 15 is 0 Å². The van der Waals surface area contributed by atoms with Crippen molar-refractivity contribution in [1.82, 2.24) is 14.9 Å². The number of anilines is 1. The maximum absolute atomic E-state index is 12.0. The monoisotopic (exact) mass is 284 g/mol. The number of hydrogen-bond donors (Lipinski definition) is 2. The molecule has 3 N–H and O–H groups in total. The van der Waals surface area contributed by atoms with Crippen LogP contribution in [0.3, 0.4) is 0 Å². The molecule has 0 aliphatic carbocycles. The van der Waals surface area contributed by atoms with Gasteiger partial charge in [0, 0.05) is 26.1 Å². The van der Waals surface area contributed by atoms with Crippen molar-refractivity contribution in [3.8, 4) is 0 Å². The zero-order valence-electron chi connectivity index (χ0n) is 12.4. The van der Waals surface area contributed by atoms with Crippen molar-refractivity contribution < 1.29 is 0 Å². The molecule has 110 valence electrons. The van der Waals surface area contributed by atoms with Crippen molar-refractivity contribution in [3.63, 3.8) is 0 Å². The SMILES string of the molecule is Cc1cc(C)cc(CN2CCc3nc(N)[nH]c(=O)c3C2)c1.